The lowest BCUT2D eigenvalue weighted by molar-refractivity contribution is 0.425. The van der Waals surface area contributed by atoms with Gasteiger partial charge in [0, 0.05) is 11.4 Å². The Balaban J connectivity index is 2.35. The maximum atomic E-state index is 5.59. The van der Waals surface area contributed by atoms with Gasteiger partial charge in [0.15, 0.2) is 5.76 Å². The van der Waals surface area contributed by atoms with Gasteiger partial charge >= 0.3 is 0 Å². The van der Waals surface area contributed by atoms with Crippen molar-refractivity contribution in [3.63, 3.8) is 0 Å². The van der Waals surface area contributed by atoms with Crippen molar-refractivity contribution in [2.75, 3.05) is 0 Å². The number of nitrogens with zero attached hydrogens (tertiary/aromatic N) is 2. The molecule has 0 aliphatic carbocycles. The maximum absolute atomic E-state index is 5.59. The van der Waals surface area contributed by atoms with Gasteiger partial charge in [0.05, 0.1) is 16.6 Å². The smallest absolute Gasteiger partial charge is 0.186 e. The van der Waals surface area contributed by atoms with Crippen LogP contribution in [0, 0.1) is 6.92 Å². The molecule has 2 rings (SSSR count). The quantitative estimate of drug-likeness (QED) is 0.722. The molecule has 5 heteroatoms. The number of hydrogen-bond acceptors (Lipinski definition) is 4. The highest BCUT2D eigenvalue weighted by atomic mass is 35.5. The summed E-state index contributed by atoms with van der Waals surface area (Å²) in [6, 6.07) is 1.81. The predicted octanol–water partition coefficient (Wildman–Crippen LogP) is 2.85. The lowest BCUT2D eigenvalue weighted by Crippen LogP contribution is -1.73. The fraction of sp³-hybridized carbons (Fsp3) is 0.250. The van der Waals surface area contributed by atoms with Crippen molar-refractivity contribution in [3.8, 4) is 11.5 Å². The molecule has 2 heterocycles. The molecule has 0 fully saturated rings. The van der Waals surface area contributed by atoms with Crippen LogP contribution in [0.3, 0.4) is 0 Å². The number of hydrogen-bond donors (Lipinski definition) is 0. The fourth-order valence-corrected chi connectivity index (χ4v) is 1.70. The van der Waals surface area contributed by atoms with Gasteiger partial charge < -0.3 is 4.52 Å². The van der Waals surface area contributed by atoms with Gasteiger partial charge in [0.25, 0.3) is 0 Å². The van der Waals surface area contributed by atoms with Gasteiger partial charge in [-0.2, -0.15) is 0 Å². The second-order valence-corrected chi connectivity index (χ2v) is 3.90. The van der Waals surface area contributed by atoms with Crippen LogP contribution in [0.15, 0.2) is 16.0 Å². The van der Waals surface area contributed by atoms with Crippen molar-refractivity contribution < 1.29 is 4.52 Å². The fourth-order valence-electron chi connectivity index (χ4n) is 0.972. The molecule has 0 saturated heterocycles. The number of alkyl halides is 1. The lowest BCUT2D eigenvalue weighted by Gasteiger charge is -1.83. The van der Waals surface area contributed by atoms with Crippen molar-refractivity contribution in [1.29, 1.82) is 0 Å². The molecule has 3 nitrogen and oxygen atoms in total. The van der Waals surface area contributed by atoms with Crippen molar-refractivity contribution >= 4 is 22.9 Å². The number of rotatable bonds is 2. The average Bonchev–Trinajstić information content (AvgIpc) is 2.71. The first kappa shape index (κ1) is 8.72. The van der Waals surface area contributed by atoms with E-state index in [-0.39, 0.29) is 0 Å². The van der Waals surface area contributed by atoms with Gasteiger partial charge in [-0.15, -0.1) is 22.9 Å². The standard InChI is InChI=1S/C8H7ClN2OS/c1-5-10-7(4-13-5)8-2-6(3-9)11-12-8/h2,4H,3H2,1H3. The normalized spacial score (nSPS) is 10.6. The van der Waals surface area contributed by atoms with Crippen molar-refractivity contribution in [3.05, 3.63) is 22.1 Å². The van der Waals surface area contributed by atoms with E-state index in [1.165, 1.54) is 0 Å². The second-order valence-electron chi connectivity index (χ2n) is 2.57. The summed E-state index contributed by atoms with van der Waals surface area (Å²) in [5, 5.41) is 6.73. The molecular formula is C8H7ClN2OS. The van der Waals surface area contributed by atoms with Crippen LogP contribution in [-0.4, -0.2) is 10.1 Å². The van der Waals surface area contributed by atoms with Gasteiger partial charge in [0.1, 0.15) is 5.69 Å². The topological polar surface area (TPSA) is 38.9 Å². The monoisotopic (exact) mass is 214 g/mol. The first-order chi connectivity index (χ1) is 6.29. The Bertz CT molecular complexity index is 410. The molecule has 2 aromatic heterocycles. The largest absolute Gasteiger partial charge is 0.354 e. The van der Waals surface area contributed by atoms with E-state index < -0.39 is 0 Å². The minimum absolute atomic E-state index is 0.368. The van der Waals surface area contributed by atoms with Crippen LogP contribution >= 0.6 is 22.9 Å². The molecule has 0 saturated carbocycles. The van der Waals surface area contributed by atoms with Crippen LogP contribution in [0.25, 0.3) is 11.5 Å². The molecule has 13 heavy (non-hydrogen) atoms. The summed E-state index contributed by atoms with van der Waals surface area (Å²) in [5.74, 6) is 1.05. The Morgan fingerprint density at radius 3 is 3.00 bits per heavy atom. The minimum Gasteiger partial charge on any atom is -0.354 e. The van der Waals surface area contributed by atoms with E-state index in [0.717, 1.165) is 16.4 Å². The van der Waals surface area contributed by atoms with Gasteiger partial charge in [-0.05, 0) is 6.92 Å². The second kappa shape index (κ2) is 3.47. The zero-order valence-corrected chi connectivity index (χ0v) is 8.52. The molecule has 0 aliphatic rings. The van der Waals surface area contributed by atoms with E-state index in [1.54, 1.807) is 11.3 Å². The van der Waals surface area contributed by atoms with Gasteiger partial charge in [-0.25, -0.2) is 4.98 Å². The zero-order valence-electron chi connectivity index (χ0n) is 6.95. The third-order valence-corrected chi connectivity index (χ3v) is 2.61. The maximum Gasteiger partial charge on any atom is 0.186 e. The third kappa shape index (κ3) is 1.73. The van der Waals surface area contributed by atoms with Crippen LogP contribution in [0.4, 0.5) is 0 Å². The highest BCUT2D eigenvalue weighted by Gasteiger charge is 2.08. The zero-order chi connectivity index (χ0) is 9.26. The Hall–Kier alpha value is -0.870. The molecule has 0 spiro atoms. The Labute approximate surface area is 84.3 Å². The van der Waals surface area contributed by atoms with Crippen LogP contribution in [0.5, 0.6) is 0 Å². The summed E-state index contributed by atoms with van der Waals surface area (Å²) < 4.78 is 5.06. The van der Waals surface area contributed by atoms with Crippen molar-refractivity contribution in [2.24, 2.45) is 0 Å². The number of aryl methyl sites for hydroxylation is 1. The van der Waals surface area contributed by atoms with Gasteiger partial charge in [-0.3, -0.25) is 0 Å². The van der Waals surface area contributed by atoms with Crippen molar-refractivity contribution in [2.45, 2.75) is 12.8 Å². The summed E-state index contributed by atoms with van der Waals surface area (Å²) >= 11 is 7.18. The molecular weight excluding hydrogens is 208 g/mol. The minimum atomic E-state index is 0.368. The highest BCUT2D eigenvalue weighted by molar-refractivity contribution is 7.09. The molecule has 0 atom stereocenters. The Kier molecular flexibility index (Phi) is 2.33. The lowest BCUT2D eigenvalue weighted by atomic mass is 10.3. The van der Waals surface area contributed by atoms with Crippen LogP contribution in [0.1, 0.15) is 10.7 Å². The van der Waals surface area contributed by atoms with E-state index in [0.29, 0.717) is 11.6 Å². The SMILES string of the molecule is Cc1nc(-c2cc(CCl)no2)cs1. The summed E-state index contributed by atoms with van der Waals surface area (Å²) in [5.41, 5.74) is 1.56. The van der Waals surface area contributed by atoms with E-state index >= 15 is 0 Å². The average molecular weight is 215 g/mol. The van der Waals surface area contributed by atoms with Gasteiger partial charge in [0.2, 0.25) is 0 Å². The first-order valence-corrected chi connectivity index (χ1v) is 5.15. The number of aromatic nitrogens is 2. The molecule has 0 radical (unpaired) electrons. The molecule has 0 aromatic carbocycles. The highest BCUT2D eigenvalue weighted by Crippen LogP contribution is 2.22. The molecule has 68 valence electrons. The van der Waals surface area contributed by atoms with E-state index in [4.69, 9.17) is 16.1 Å². The van der Waals surface area contributed by atoms with Gasteiger partial charge in [-0.1, -0.05) is 5.16 Å². The molecule has 0 unspecified atom stereocenters. The molecule has 0 N–H and O–H groups in total. The Morgan fingerprint density at radius 2 is 2.46 bits per heavy atom. The van der Waals surface area contributed by atoms with Crippen LogP contribution in [0.2, 0.25) is 0 Å². The van der Waals surface area contributed by atoms with Crippen LogP contribution in [-0.2, 0) is 5.88 Å². The summed E-state index contributed by atoms with van der Waals surface area (Å²) in [7, 11) is 0. The molecule has 0 amide bonds. The van der Waals surface area contributed by atoms with E-state index in [2.05, 4.69) is 10.1 Å². The molecule has 2 aromatic rings. The van der Waals surface area contributed by atoms with E-state index in [9.17, 15) is 0 Å². The third-order valence-electron chi connectivity index (χ3n) is 1.57. The first-order valence-electron chi connectivity index (χ1n) is 3.73. The predicted molar refractivity (Wildman–Crippen MR) is 51.9 cm³/mol. The number of halogens is 1. The van der Waals surface area contributed by atoms with E-state index in [1.807, 2.05) is 18.4 Å². The summed E-state index contributed by atoms with van der Waals surface area (Å²) in [6.07, 6.45) is 0. The Morgan fingerprint density at radius 1 is 1.62 bits per heavy atom. The van der Waals surface area contributed by atoms with Crippen molar-refractivity contribution in [1.82, 2.24) is 10.1 Å². The summed E-state index contributed by atoms with van der Waals surface area (Å²) in [4.78, 5) is 4.27. The number of thiazole rings is 1. The molecule has 0 bridgehead atoms. The molecule has 0 aliphatic heterocycles. The van der Waals surface area contributed by atoms with Crippen LogP contribution < -0.4 is 0 Å². The summed E-state index contributed by atoms with van der Waals surface area (Å²) in [6.45, 7) is 1.95.